The molecule has 1 heterocycles. The molecule has 130 valence electrons. The Labute approximate surface area is 131 Å². The van der Waals surface area contributed by atoms with Crippen LogP contribution in [0.2, 0.25) is 0 Å². The Morgan fingerprint density at radius 3 is 1.96 bits per heavy atom. The third-order valence-corrected chi connectivity index (χ3v) is 3.29. The van der Waals surface area contributed by atoms with Crippen LogP contribution in [0, 0.1) is 0 Å². The van der Waals surface area contributed by atoms with Gasteiger partial charge in [-0.1, -0.05) is 24.3 Å². The van der Waals surface area contributed by atoms with Crippen LogP contribution < -0.4 is 0 Å². The number of aromatic nitrogens is 2. The Bertz CT molecular complexity index is 732. The first-order chi connectivity index (χ1) is 10.9. The Balaban J connectivity index is 2.42. The average Bonchev–Trinajstić information content (AvgIpc) is 2.79. The number of nitrogens with zero attached hydrogens (tertiary/aromatic N) is 2. The van der Waals surface area contributed by atoms with Crippen LogP contribution in [0.1, 0.15) is 22.0 Å². The molecule has 0 saturated heterocycles. The molecule has 2 aromatic rings. The first-order valence-electron chi connectivity index (χ1n) is 6.42. The van der Waals surface area contributed by atoms with Gasteiger partial charge < -0.3 is 5.11 Å². The van der Waals surface area contributed by atoms with Crippen molar-refractivity contribution in [3.05, 3.63) is 41.6 Å². The van der Waals surface area contributed by atoms with Gasteiger partial charge in [0.05, 0.1) is 5.69 Å². The van der Waals surface area contributed by atoms with Crippen molar-refractivity contribution in [2.75, 3.05) is 0 Å². The van der Waals surface area contributed by atoms with E-state index in [-0.39, 0.29) is 17.0 Å². The fourth-order valence-electron chi connectivity index (χ4n) is 2.25. The molecule has 1 aromatic heterocycles. The first kappa shape index (κ1) is 17.8. The van der Waals surface area contributed by atoms with Gasteiger partial charge in [0, 0.05) is 7.05 Å². The number of carbonyl (C=O) groups is 1. The molecule has 0 saturated carbocycles. The largest absolute Gasteiger partial charge is 0.476 e. The van der Waals surface area contributed by atoms with E-state index in [0.717, 1.165) is 12.1 Å². The zero-order chi connectivity index (χ0) is 18.3. The molecule has 0 fully saturated rings. The molecule has 0 aliphatic rings. The lowest BCUT2D eigenvalue weighted by Gasteiger charge is -2.23. The van der Waals surface area contributed by atoms with Crippen molar-refractivity contribution in [1.82, 2.24) is 9.78 Å². The maximum absolute atomic E-state index is 12.7. The summed E-state index contributed by atoms with van der Waals surface area (Å²) in [4.78, 5) is 10.8. The van der Waals surface area contributed by atoms with Gasteiger partial charge in [0.2, 0.25) is 0 Å². The van der Waals surface area contributed by atoms with Gasteiger partial charge in [-0.2, -0.15) is 31.4 Å². The fourth-order valence-corrected chi connectivity index (χ4v) is 2.25. The summed E-state index contributed by atoms with van der Waals surface area (Å²) in [5.74, 6) is -4.89. The summed E-state index contributed by atoms with van der Waals surface area (Å²) >= 11 is 0. The monoisotopic (exact) mass is 352 g/mol. The highest BCUT2D eigenvalue weighted by Gasteiger charge is 2.57. The molecule has 4 nitrogen and oxygen atoms in total. The van der Waals surface area contributed by atoms with Crippen molar-refractivity contribution in [3.8, 4) is 11.3 Å². The summed E-state index contributed by atoms with van der Waals surface area (Å²) in [5, 5.41) is 12.5. The number of aryl methyl sites for hydroxylation is 1. The minimum absolute atomic E-state index is 0.240. The molecule has 0 aliphatic carbocycles. The Hall–Kier alpha value is -2.52. The van der Waals surface area contributed by atoms with Crippen LogP contribution in [0.25, 0.3) is 11.3 Å². The molecule has 1 N–H and O–H groups in total. The van der Waals surface area contributed by atoms with E-state index in [9.17, 15) is 31.1 Å². The van der Waals surface area contributed by atoms with Gasteiger partial charge in [0.25, 0.3) is 0 Å². The smallest absolute Gasteiger partial charge is 0.404 e. The highest BCUT2D eigenvalue weighted by molar-refractivity contribution is 5.87. The van der Waals surface area contributed by atoms with E-state index in [1.54, 1.807) is 0 Å². The topological polar surface area (TPSA) is 55.1 Å². The minimum atomic E-state index is -5.47. The van der Waals surface area contributed by atoms with Crippen LogP contribution in [0.4, 0.5) is 26.3 Å². The molecular formula is C14H10F6N2O2. The first-order valence-corrected chi connectivity index (χ1v) is 6.42. The Morgan fingerprint density at radius 1 is 1.08 bits per heavy atom. The minimum Gasteiger partial charge on any atom is -0.476 e. The van der Waals surface area contributed by atoms with Gasteiger partial charge in [0.15, 0.2) is 11.6 Å². The summed E-state index contributed by atoms with van der Waals surface area (Å²) in [7, 11) is 1.41. The highest BCUT2D eigenvalue weighted by atomic mass is 19.4. The third-order valence-electron chi connectivity index (χ3n) is 3.29. The van der Waals surface area contributed by atoms with Gasteiger partial charge in [-0.15, -0.1) is 0 Å². The van der Waals surface area contributed by atoms with E-state index in [4.69, 9.17) is 5.11 Å². The zero-order valence-corrected chi connectivity index (χ0v) is 12.0. The van der Waals surface area contributed by atoms with Crippen LogP contribution in [0.15, 0.2) is 30.3 Å². The number of alkyl halides is 6. The van der Waals surface area contributed by atoms with Gasteiger partial charge in [-0.3, -0.25) is 4.68 Å². The summed E-state index contributed by atoms with van der Waals surface area (Å²) in [6.07, 6.45) is -10.9. The predicted octanol–water partition coefficient (Wildman–Crippen LogP) is 3.99. The molecule has 0 bridgehead atoms. The van der Waals surface area contributed by atoms with Crippen LogP contribution >= 0.6 is 0 Å². The number of carboxylic acid groups (broad SMARTS) is 1. The second kappa shape index (κ2) is 5.84. The van der Waals surface area contributed by atoms with Crippen molar-refractivity contribution in [2.45, 2.75) is 18.3 Å². The van der Waals surface area contributed by atoms with E-state index in [0.29, 0.717) is 12.1 Å². The molecule has 0 atom stereocenters. The molecule has 2 rings (SSSR count). The van der Waals surface area contributed by atoms with E-state index >= 15 is 0 Å². The Morgan fingerprint density at radius 2 is 1.58 bits per heavy atom. The molecule has 1 aromatic carbocycles. The molecule has 0 spiro atoms. The van der Waals surface area contributed by atoms with Crippen LogP contribution in [-0.2, 0) is 7.05 Å². The summed E-state index contributed by atoms with van der Waals surface area (Å²) in [5.41, 5.74) is -0.752. The second-order valence-corrected chi connectivity index (χ2v) is 4.98. The summed E-state index contributed by atoms with van der Waals surface area (Å²) < 4.78 is 77.3. The van der Waals surface area contributed by atoms with Gasteiger partial charge >= 0.3 is 18.3 Å². The molecular weight excluding hydrogens is 342 g/mol. The molecule has 0 unspecified atom stereocenters. The van der Waals surface area contributed by atoms with E-state index in [2.05, 4.69) is 5.10 Å². The lowest BCUT2D eigenvalue weighted by molar-refractivity contribution is -0.253. The number of hydrogen-bond acceptors (Lipinski definition) is 2. The molecule has 0 amide bonds. The van der Waals surface area contributed by atoms with Crippen molar-refractivity contribution in [2.24, 2.45) is 7.05 Å². The SMILES string of the molecule is Cn1nc(C(=O)O)cc1-c1ccc(C(C(F)(F)F)C(F)(F)F)cc1. The zero-order valence-electron chi connectivity index (χ0n) is 12.0. The van der Waals surface area contributed by atoms with Crippen LogP contribution in [0.5, 0.6) is 0 Å². The lowest BCUT2D eigenvalue weighted by Crippen LogP contribution is -2.34. The molecule has 0 radical (unpaired) electrons. The summed E-state index contributed by atoms with van der Waals surface area (Å²) in [6, 6.07) is 4.72. The van der Waals surface area contributed by atoms with Crippen molar-refractivity contribution in [3.63, 3.8) is 0 Å². The third kappa shape index (κ3) is 3.52. The molecule has 0 aliphatic heterocycles. The Kier molecular flexibility index (Phi) is 4.34. The maximum atomic E-state index is 12.7. The van der Waals surface area contributed by atoms with E-state index in [1.807, 2.05) is 0 Å². The highest BCUT2D eigenvalue weighted by Crippen LogP contribution is 2.46. The lowest BCUT2D eigenvalue weighted by atomic mass is 9.96. The maximum Gasteiger partial charge on any atom is 0.404 e. The number of halogens is 6. The van der Waals surface area contributed by atoms with Crippen molar-refractivity contribution >= 4 is 5.97 Å². The fraction of sp³-hybridized carbons (Fsp3) is 0.286. The molecule has 10 heteroatoms. The van der Waals surface area contributed by atoms with E-state index < -0.39 is 29.8 Å². The van der Waals surface area contributed by atoms with Gasteiger partial charge in [-0.05, 0) is 17.2 Å². The summed E-state index contributed by atoms with van der Waals surface area (Å²) in [6.45, 7) is 0. The van der Waals surface area contributed by atoms with Crippen molar-refractivity contribution < 1.29 is 36.2 Å². The van der Waals surface area contributed by atoms with Gasteiger partial charge in [0.1, 0.15) is 0 Å². The normalized spacial score (nSPS) is 12.7. The predicted molar refractivity (Wildman–Crippen MR) is 70.5 cm³/mol. The van der Waals surface area contributed by atoms with Gasteiger partial charge in [-0.25, -0.2) is 4.79 Å². The number of benzene rings is 1. The van der Waals surface area contributed by atoms with E-state index in [1.165, 1.54) is 17.8 Å². The molecule has 24 heavy (non-hydrogen) atoms. The van der Waals surface area contributed by atoms with Crippen molar-refractivity contribution in [1.29, 1.82) is 0 Å². The average molecular weight is 352 g/mol. The number of carboxylic acids is 1. The van der Waals surface area contributed by atoms with Crippen LogP contribution in [-0.4, -0.2) is 33.2 Å². The number of aromatic carboxylic acids is 1. The quantitative estimate of drug-likeness (QED) is 0.850. The number of rotatable bonds is 3. The number of hydrogen-bond donors (Lipinski definition) is 1. The van der Waals surface area contributed by atoms with Crippen LogP contribution in [0.3, 0.4) is 0 Å². The standard InChI is InChI=1S/C14H10F6N2O2/c1-22-10(6-9(21-22)12(23)24)7-2-4-8(5-3-7)11(13(15,16)17)14(18,19)20/h2-6,11H,1H3,(H,23,24). The second-order valence-electron chi connectivity index (χ2n) is 4.98.